The second-order valence-electron chi connectivity index (χ2n) is 6.45. The van der Waals surface area contributed by atoms with Gasteiger partial charge in [-0.15, -0.1) is 0 Å². The van der Waals surface area contributed by atoms with E-state index in [1.165, 1.54) is 13.1 Å². The molecule has 0 amide bonds. The summed E-state index contributed by atoms with van der Waals surface area (Å²) in [6, 6.07) is 0.650. The van der Waals surface area contributed by atoms with Gasteiger partial charge in [0.1, 0.15) is 0 Å². The fraction of sp³-hybridized carbons (Fsp3) is 1.00. The molecule has 0 aromatic heterocycles. The van der Waals surface area contributed by atoms with Gasteiger partial charge in [0.05, 0.1) is 0 Å². The molecule has 17 heavy (non-hydrogen) atoms. The van der Waals surface area contributed by atoms with Crippen molar-refractivity contribution < 1.29 is 0 Å². The molecule has 0 spiro atoms. The monoisotopic (exact) mass is 241 g/mol. The van der Waals surface area contributed by atoms with Crippen molar-refractivity contribution in [1.29, 1.82) is 0 Å². The van der Waals surface area contributed by atoms with Crippen LogP contribution in [0.3, 0.4) is 0 Å². The van der Waals surface area contributed by atoms with Gasteiger partial charge >= 0.3 is 0 Å². The van der Waals surface area contributed by atoms with E-state index in [9.17, 15) is 0 Å². The summed E-state index contributed by atoms with van der Waals surface area (Å²) in [5.74, 6) is 0.721. The number of nitrogens with one attached hydrogen (secondary N) is 1. The molecule has 3 nitrogen and oxygen atoms in total. The Labute approximate surface area is 108 Å². The molecule has 1 fully saturated rings. The van der Waals surface area contributed by atoms with Crippen LogP contribution in [0.5, 0.6) is 0 Å². The van der Waals surface area contributed by atoms with E-state index in [1.54, 1.807) is 0 Å². The molecule has 1 rings (SSSR count). The van der Waals surface area contributed by atoms with E-state index >= 15 is 0 Å². The minimum atomic E-state index is 0.278. The molecule has 0 saturated carbocycles. The topological polar surface area (TPSA) is 18.5 Å². The summed E-state index contributed by atoms with van der Waals surface area (Å²) in [5, 5.41) is 3.43. The predicted molar refractivity (Wildman–Crippen MR) is 75.5 cm³/mol. The molecule has 0 aromatic rings. The fourth-order valence-electron chi connectivity index (χ4n) is 2.63. The van der Waals surface area contributed by atoms with E-state index in [2.05, 4.69) is 56.8 Å². The van der Waals surface area contributed by atoms with Gasteiger partial charge in [-0.2, -0.15) is 0 Å². The Morgan fingerprint density at radius 2 is 1.71 bits per heavy atom. The summed E-state index contributed by atoms with van der Waals surface area (Å²) in [6.07, 6.45) is 0. The largest absolute Gasteiger partial charge is 0.314 e. The third kappa shape index (κ3) is 4.23. The molecule has 0 aromatic carbocycles. The van der Waals surface area contributed by atoms with E-state index in [-0.39, 0.29) is 5.54 Å². The first-order chi connectivity index (χ1) is 7.84. The highest BCUT2D eigenvalue weighted by Gasteiger charge is 2.30. The van der Waals surface area contributed by atoms with Gasteiger partial charge in [0, 0.05) is 44.3 Å². The molecule has 1 unspecified atom stereocenters. The number of nitrogens with zero attached hydrogens (tertiary/aromatic N) is 2. The summed E-state index contributed by atoms with van der Waals surface area (Å²) >= 11 is 0. The van der Waals surface area contributed by atoms with Crippen molar-refractivity contribution in [2.45, 2.75) is 46.2 Å². The van der Waals surface area contributed by atoms with E-state index in [1.807, 2.05) is 0 Å². The third-order valence-corrected chi connectivity index (χ3v) is 4.27. The van der Waals surface area contributed by atoms with Crippen LogP contribution in [0.2, 0.25) is 0 Å². The number of hydrogen-bond donors (Lipinski definition) is 1. The third-order valence-electron chi connectivity index (χ3n) is 4.27. The van der Waals surface area contributed by atoms with E-state index < -0.39 is 0 Å². The molecule has 0 radical (unpaired) electrons. The van der Waals surface area contributed by atoms with Gasteiger partial charge in [0.15, 0.2) is 0 Å². The Bertz CT molecular complexity index is 220. The van der Waals surface area contributed by atoms with E-state index in [4.69, 9.17) is 0 Å². The first-order valence-corrected chi connectivity index (χ1v) is 7.00. The lowest BCUT2D eigenvalue weighted by atomic mass is 9.98. The van der Waals surface area contributed by atoms with Crippen LogP contribution in [0.1, 0.15) is 34.6 Å². The van der Waals surface area contributed by atoms with Gasteiger partial charge in [0.25, 0.3) is 0 Å². The van der Waals surface area contributed by atoms with Crippen molar-refractivity contribution >= 4 is 0 Å². The molecule has 1 aliphatic heterocycles. The van der Waals surface area contributed by atoms with Crippen molar-refractivity contribution in [3.8, 4) is 0 Å². The molecule has 102 valence electrons. The summed E-state index contributed by atoms with van der Waals surface area (Å²) in [7, 11) is 2.26. The average Bonchev–Trinajstić information content (AvgIpc) is 2.28. The van der Waals surface area contributed by atoms with Crippen LogP contribution in [0.15, 0.2) is 0 Å². The molecular formula is C14H31N3. The smallest absolute Gasteiger partial charge is 0.0281 e. The van der Waals surface area contributed by atoms with Crippen molar-refractivity contribution in [2.24, 2.45) is 5.92 Å². The molecule has 1 atom stereocenters. The maximum atomic E-state index is 3.43. The van der Waals surface area contributed by atoms with Crippen LogP contribution >= 0.6 is 0 Å². The lowest BCUT2D eigenvalue weighted by Crippen LogP contribution is -2.58. The van der Waals surface area contributed by atoms with Gasteiger partial charge < -0.3 is 10.2 Å². The lowest BCUT2D eigenvalue weighted by molar-refractivity contribution is 0.0532. The zero-order chi connectivity index (χ0) is 13.1. The zero-order valence-corrected chi connectivity index (χ0v) is 12.6. The van der Waals surface area contributed by atoms with Gasteiger partial charge in [-0.25, -0.2) is 0 Å². The van der Waals surface area contributed by atoms with Crippen molar-refractivity contribution in [3.05, 3.63) is 0 Å². The molecule has 0 aliphatic carbocycles. The Balaban J connectivity index is 2.52. The summed E-state index contributed by atoms with van der Waals surface area (Å²) < 4.78 is 0. The summed E-state index contributed by atoms with van der Waals surface area (Å²) in [5.41, 5.74) is 0.278. The first kappa shape index (κ1) is 14.9. The van der Waals surface area contributed by atoms with Crippen LogP contribution in [0.25, 0.3) is 0 Å². The predicted octanol–water partition coefficient (Wildman–Crippen LogP) is 1.65. The van der Waals surface area contributed by atoms with Crippen LogP contribution < -0.4 is 5.32 Å². The van der Waals surface area contributed by atoms with Crippen LogP contribution in [0, 0.1) is 5.92 Å². The van der Waals surface area contributed by atoms with Gasteiger partial charge in [-0.05, 0) is 33.7 Å². The highest BCUT2D eigenvalue weighted by atomic mass is 15.3. The number of likely N-dealkylation sites (N-methyl/N-ethyl adjacent to an activating group) is 1. The summed E-state index contributed by atoms with van der Waals surface area (Å²) in [6.45, 7) is 17.5. The first-order valence-electron chi connectivity index (χ1n) is 7.00. The number of hydrogen-bond acceptors (Lipinski definition) is 3. The highest BCUT2D eigenvalue weighted by Crippen LogP contribution is 2.19. The average molecular weight is 241 g/mol. The quantitative estimate of drug-likeness (QED) is 0.789. The van der Waals surface area contributed by atoms with Gasteiger partial charge in [0.2, 0.25) is 0 Å². The van der Waals surface area contributed by atoms with Crippen LogP contribution in [0.4, 0.5) is 0 Å². The molecule has 0 bridgehead atoms. The molecule has 1 heterocycles. The lowest BCUT2D eigenvalue weighted by Gasteiger charge is -2.44. The van der Waals surface area contributed by atoms with Crippen LogP contribution in [-0.4, -0.2) is 61.2 Å². The molecular weight excluding hydrogens is 210 g/mol. The van der Waals surface area contributed by atoms with Crippen molar-refractivity contribution in [1.82, 2.24) is 15.1 Å². The SMILES string of the molecule is CC(C)C(C)N(C)CC(C)(C)N1CCNCC1. The molecule has 3 heteroatoms. The molecule has 1 N–H and O–H groups in total. The Kier molecular flexibility index (Phi) is 5.42. The number of rotatable bonds is 5. The molecule has 1 saturated heterocycles. The molecule has 1 aliphatic rings. The highest BCUT2D eigenvalue weighted by molar-refractivity contribution is 4.88. The Hall–Kier alpha value is -0.120. The zero-order valence-electron chi connectivity index (χ0n) is 12.6. The van der Waals surface area contributed by atoms with Crippen molar-refractivity contribution in [3.63, 3.8) is 0 Å². The standard InChI is InChI=1S/C14H31N3/c1-12(2)13(3)16(6)11-14(4,5)17-9-7-15-8-10-17/h12-13,15H,7-11H2,1-6H3. The van der Waals surface area contributed by atoms with E-state index in [0.717, 1.165) is 25.6 Å². The van der Waals surface area contributed by atoms with Gasteiger partial charge in [-0.1, -0.05) is 13.8 Å². The Morgan fingerprint density at radius 3 is 2.18 bits per heavy atom. The maximum Gasteiger partial charge on any atom is 0.0281 e. The maximum absolute atomic E-state index is 3.43. The van der Waals surface area contributed by atoms with Crippen LogP contribution in [-0.2, 0) is 0 Å². The normalized spacial score (nSPS) is 21.2. The second kappa shape index (κ2) is 6.17. The second-order valence-corrected chi connectivity index (χ2v) is 6.45. The van der Waals surface area contributed by atoms with Crippen molar-refractivity contribution in [2.75, 3.05) is 39.8 Å². The summed E-state index contributed by atoms with van der Waals surface area (Å²) in [4.78, 5) is 5.12. The fourth-order valence-corrected chi connectivity index (χ4v) is 2.63. The van der Waals surface area contributed by atoms with E-state index in [0.29, 0.717) is 6.04 Å². The number of piperazine rings is 1. The van der Waals surface area contributed by atoms with Gasteiger partial charge in [-0.3, -0.25) is 4.90 Å². The Morgan fingerprint density at radius 1 is 1.18 bits per heavy atom. The minimum absolute atomic E-state index is 0.278. The minimum Gasteiger partial charge on any atom is -0.314 e.